The Hall–Kier alpha value is -1.76. The Labute approximate surface area is 115 Å². The van der Waals surface area contributed by atoms with E-state index < -0.39 is 0 Å². The van der Waals surface area contributed by atoms with Crippen LogP contribution in [0.15, 0.2) is 6.20 Å². The summed E-state index contributed by atoms with van der Waals surface area (Å²) < 4.78 is 10.7. The first-order chi connectivity index (χ1) is 9.22. The van der Waals surface area contributed by atoms with Crippen LogP contribution in [0.2, 0.25) is 0 Å². The Kier molecular flexibility index (Phi) is 4.26. The highest BCUT2D eigenvalue weighted by Crippen LogP contribution is 2.24. The Morgan fingerprint density at radius 1 is 1.47 bits per heavy atom. The van der Waals surface area contributed by atoms with Crippen molar-refractivity contribution in [3.63, 3.8) is 0 Å². The standard InChI is InChI=1S/C12H16N4O2S/c1-4-6-8-12(19-15-14-8)11(17)10-9(18-3)7-13-16(10)5-2/h7H,4-6H2,1-3H3. The minimum Gasteiger partial charge on any atom is -0.493 e. The van der Waals surface area contributed by atoms with Crippen LogP contribution in [0.25, 0.3) is 0 Å². The molecule has 0 aliphatic heterocycles. The average molecular weight is 280 g/mol. The van der Waals surface area contributed by atoms with Crippen molar-refractivity contribution >= 4 is 17.3 Å². The van der Waals surface area contributed by atoms with E-state index in [1.807, 2.05) is 13.8 Å². The number of hydrogen-bond donors (Lipinski definition) is 0. The summed E-state index contributed by atoms with van der Waals surface area (Å²) in [5, 5.41) is 8.17. The van der Waals surface area contributed by atoms with Crippen molar-refractivity contribution in [1.29, 1.82) is 0 Å². The maximum atomic E-state index is 12.6. The number of methoxy groups -OCH3 is 1. The first-order valence-corrected chi connectivity index (χ1v) is 6.95. The van der Waals surface area contributed by atoms with Gasteiger partial charge in [0, 0.05) is 6.54 Å². The highest BCUT2D eigenvalue weighted by Gasteiger charge is 2.24. The number of aryl methyl sites for hydroxylation is 2. The Bertz CT molecular complexity index is 555. The third-order valence-electron chi connectivity index (χ3n) is 2.79. The molecule has 0 bridgehead atoms. The molecule has 0 aliphatic carbocycles. The highest BCUT2D eigenvalue weighted by atomic mass is 32.1. The number of carbonyl (C=O) groups excluding carboxylic acids is 1. The van der Waals surface area contributed by atoms with Crippen molar-refractivity contribution in [1.82, 2.24) is 19.4 Å². The third kappa shape index (κ3) is 2.51. The predicted octanol–water partition coefficient (Wildman–Crippen LogP) is 1.95. The average Bonchev–Trinajstić information content (AvgIpc) is 3.03. The minimum atomic E-state index is -0.116. The second kappa shape index (κ2) is 5.92. The third-order valence-corrected chi connectivity index (χ3v) is 3.56. The van der Waals surface area contributed by atoms with Crippen molar-refractivity contribution in [2.45, 2.75) is 33.2 Å². The summed E-state index contributed by atoms with van der Waals surface area (Å²) in [6, 6.07) is 0. The molecule has 2 rings (SSSR count). The predicted molar refractivity (Wildman–Crippen MR) is 71.8 cm³/mol. The molecule has 0 aromatic carbocycles. The van der Waals surface area contributed by atoms with E-state index >= 15 is 0 Å². The number of nitrogens with zero attached hydrogens (tertiary/aromatic N) is 4. The maximum Gasteiger partial charge on any atom is 0.228 e. The number of ketones is 1. The summed E-state index contributed by atoms with van der Waals surface area (Å²) in [6.07, 6.45) is 3.24. The molecule has 6 nitrogen and oxygen atoms in total. The lowest BCUT2D eigenvalue weighted by molar-refractivity contribution is 0.102. The molecule has 2 aromatic rings. The van der Waals surface area contributed by atoms with Gasteiger partial charge in [0.2, 0.25) is 5.78 Å². The van der Waals surface area contributed by atoms with Gasteiger partial charge in [-0.25, -0.2) is 0 Å². The quantitative estimate of drug-likeness (QED) is 0.756. The van der Waals surface area contributed by atoms with E-state index in [4.69, 9.17) is 4.74 Å². The van der Waals surface area contributed by atoms with Crippen LogP contribution in [0.5, 0.6) is 5.75 Å². The molecule has 0 N–H and O–H groups in total. The van der Waals surface area contributed by atoms with Gasteiger partial charge in [0.15, 0.2) is 11.4 Å². The van der Waals surface area contributed by atoms with Gasteiger partial charge in [-0.15, -0.1) is 5.10 Å². The van der Waals surface area contributed by atoms with Gasteiger partial charge in [-0.1, -0.05) is 17.8 Å². The second-order valence-corrected chi connectivity index (χ2v) is 4.76. The molecule has 2 heterocycles. The van der Waals surface area contributed by atoms with Crippen molar-refractivity contribution in [3.8, 4) is 5.75 Å². The molecule has 0 saturated carbocycles. The monoisotopic (exact) mass is 280 g/mol. The van der Waals surface area contributed by atoms with E-state index in [9.17, 15) is 4.79 Å². The molecular weight excluding hydrogens is 264 g/mol. The normalized spacial score (nSPS) is 10.7. The summed E-state index contributed by atoms with van der Waals surface area (Å²) in [4.78, 5) is 13.2. The molecule has 0 saturated heterocycles. The molecule has 7 heteroatoms. The van der Waals surface area contributed by atoms with Crippen LogP contribution in [0.1, 0.15) is 41.3 Å². The number of aromatic nitrogens is 4. The van der Waals surface area contributed by atoms with Crippen LogP contribution < -0.4 is 4.74 Å². The van der Waals surface area contributed by atoms with Crippen LogP contribution >= 0.6 is 11.5 Å². The van der Waals surface area contributed by atoms with Gasteiger partial charge in [0.25, 0.3) is 0 Å². The lowest BCUT2D eigenvalue weighted by atomic mass is 10.1. The lowest BCUT2D eigenvalue weighted by Gasteiger charge is -2.05. The molecule has 0 spiro atoms. The van der Waals surface area contributed by atoms with E-state index in [0.717, 1.165) is 30.1 Å². The van der Waals surface area contributed by atoms with Gasteiger partial charge in [0.1, 0.15) is 4.88 Å². The number of rotatable bonds is 6. The summed E-state index contributed by atoms with van der Waals surface area (Å²) in [5.74, 6) is 0.373. The molecule has 19 heavy (non-hydrogen) atoms. The van der Waals surface area contributed by atoms with E-state index in [-0.39, 0.29) is 5.78 Å². The van der Waals surface area contributed by atoms with Gasteiger partial charge in [0.05, 0.1) is 19.0 Å². The van der Waals surface area contributed by atoms with Crippen LogP contribution in [-0.2, 0) is 13.0 Å². The molecule has 2 aromatic heterocycles. The van der Waals surface area contributed by atoms with E-state index in [2.05, 4.69) is 14.7 Å². The zero-order chi connectivity index (χ0) is 13.8. The molecule has 102 valence electrons. The van der Waals surface area contributed by atoms with E-state index in [1.54, 1.807) is 10.9 Å². The summed E-state index contributed by atoms with van der Waals surface area (Å²) in [6.45, 7) is 4.59. The van der Waals surface area contributed by atoms with Crippen LogP contribution in [0.3, 0.4) is 0 Å². The number of carbonyl (C=O) groups is 1. The molecular formula is C12H16N4O2S. The molecule has 0 atom stereocenters. The van der Waals surface area contributed by atoms with Gasteiger partial charge >= 0.3 is 0 Å². The van der Waals surface area contributed by atoms with Crippen LogP contribution in [0.4, 0.5) is 0 Å². The molecule has 0 radical (unpaired) electrons. The number of ether oxygens (including phenoxy) is 1. The van der Waals surface area contributed by atoms with Gasteiger partial charge in [-0.2, -0.15) is 5.10 Å². The van der Waals surface area contributed by atoms with Crippen molar-refractivity contribution in [2.24, 2.45) is 0 Å². The van der Waals surface area contributed by atoms with Gasteiger partial charge in [-0.05, 0) is 24.9 Å². The zero-order valence-electron chi connectivity index (χ0n) is 11.2. The second-order valence-electron chi connectivity index (χ2n) is 4.01. The summed E-state index contributed by atoms with van der Waals surface area (Å²) in [5.41, 5.74) is 1.22. The minimum absolute atomic E-state index is 0.116. The smallest absolute Gasteiger partial charge is 0.228 e. The summed E-state index contributed by atoms with van der Waals surface area (Å²) in [7, 11) is 1.53. The lowest BCUT2D eigenvalue weighted by Crippen LogP contribution is -2.12. The first kappa shape index (κ1) is 13.7. The first-order valence-electron chi connectivity index (χ1n) is 6.18. The molecule has 0 amide bonds. The SMILES string of the molecule is CCCc1nnsc1C(=O)c1c(OC)cnn1CC. The largest absolute Gasteiger partial charge is 0.493 e. The highest BCUT2D eigenvalue weighted by molar-refractivity contribution is 7.08. The zero-order valence-corrected chi connectivity index (χ0v) is 12.0. The van der Waals surface area contributed by atoms with E-state index in [1.165, 1.54) is 7.11 Å². The Morgan fingerprint density at radius 3 is 2.89 bits per heavy atom. The maximum absolute atomic E-state index is 12.6. The fraction of sp³-hybridized carbons (Fsp3) is 0.500. The van der Waals surface area contributed by atoms with Crippen molar-refractivity contribution in [2.75, 3.05) is 7.11 Å². The molecule has 0 unspecified atom stereocenters. The summed E-state index contributed by atoms with van der Waals surface area (Å²) >= 11 is 1.13. The van der Waals surface area contributed by atoms with Crippen LogP contribution in [0, 0.1) is 0 Å². The number of hydrogen-bond acceptors (Lipinski definition) is 6. The fourth-order valence-electron chi connectivity index (χ4n) is 1.88. The Balaban J connectivity index is 2.43. The van der Waals surface area contributed by atoms with Gasteiger partial charge < -0.3 is 4.74 Å². The Morgan fingerprint density at radius 2 is 2.26 bits per heavy atom. The fourth-order valence-corrected chi connectivity index (χ4v) is 2.52. The topological polar surface area (TPSA) is 69.9 Å². The van der Waals surface area contributed by atoms with Crippen molar-refractivity contribution in [3.05, 3.63) is 22.5 Å². The van der Waals surface area contributed by atoms with E-state index in [0.29, 0.717) is 22.9 Å². The van der Waals surface area contributed by atoms with Gasteiger partial charge in [-0.3, -0.25) is 9.48 Å². The van der Waals surface area contributed by atoms with Crippen LogP contribution in [-0.4, -0.2) is 32.3 Å². The molecule has 0 aliphatic rings. The molecule has 0 fully saturated rings. The van der Waals surface area contributed by atoms with Crippen molar-refractivity contribution < 1.29 is 9.53 Å².